The summed E-state index contributed by atoms with van der Waals surface area (Å²) in [5.41, 5.74) is 1.54. The van der Waals surface area contributed by atoms with E-state index in [4.69, 9.17) is 4.74 Å². The molecule has 0 aromatic heterocycles. The van der Waals surface area contributed by atoms with Gasteiger partial charge in [0.05, 0.1) is 11.4 Å². The number of sulfone groups is 1. The van der Waals surface area contributed by atoms with Crippen LogP contribution in [0.2, 0.25) is 0 Å². The largest absolute Gasteiger partial charge is 0.492 e. The monoisotopic (exact) mass is 404 g/mol. The minimum atomic E-state index is -3.84. The molecule has 0 spiro atoms. The first-order chi connectivity index (χ1) is 13.2. The third kappa shape index (κ3) is 5.82. The van der Waals surface area contributed by atoms with Crippen molar-refractivity contribution < 1.29 is 22.7 Å². The fourth-order valence-corrected chi connectivity index (χ4v) is 3.76. The molecular weight excluding hydrogens is 380 g/mol. The Morgan fingerprint density at radius 1 is 1.11 bits per heavy atom. The van der Waals surface area contributed by atoms with Crippen molar-refractivity contribution >= 4 is 27.3 Å². The molecule has 0 bridgehead atoms. The summed E-state index contributed by atoms with van der Waals surface area (Å²) in [6.07, 6.45) is 0. The van der Waals surface area contributed by atoms with Gasteiger partial charge in [0.15, 0.2) is 9.84 Å². The zero-order chi connectivity index (χ0) is 20.7. The Kier molecular flexibility index (Phi) is 7.17. The van der Waals surface area contributed by atoms with Crippen LogP contribution in [0.15, 0.2) is 53.4 Å². The number of rotatable bonds is 8. The molecule has 0 fully saturated rings. The second kappa shape index (κ2) is 9.36. The number of nitrogens with one attached hydrogen (secondary N) is 2. The number of carbonyl (C=O) groups excluding carboxylic acids is 2. The maximum absolute atomic E-state index is 12.6. The summed E-state index contributed by atoms with van der Waals surface area (Å²) in [6.45, 7) is 5.07. The molecule has 150 valence electrons. The van der Waals surface area contributed by atoms with Gasteiger partial charge in [-0.3, -0.25) is 9.59 Å². The molecule has 0 radical (unpaired) electrons. The van der Waals surface area contributed by atoms with Gasteiger partial charge in [-0.05, 0) is 55.8 Å². The van der Waals surface area contributed by atoms with Gasteiger partial charge in [0, 0.05) is 12.6 Å². The maximum atomic E-state index is 12.6. The third-order valence-electron chi connectivity index (χ3n) is 4.00. The Bertz CT molecular complexity index is 939. The highest BCUT2D eigenvalue weighted by Gasteiger charge is 2.29. The van der Waals surface area contributed by atoms with E-state index in [9.17, 15) is 18.0 Å². The SMILES string of the molecule is CC(=O)Nc1ccc(S(=O)(=O)[C@@H](C)C(=O)NCCOc2cccc(C)c2)cc1. The lowest BCUT2D eigenvalue weighted by molar-refractivity contribution is -0.120. The Balaban J connectivity index is 1.90. The van der Waals surface area contributed by atoms with E-state index in [1.165, 1.54) is 38.1 Å². The number of aryl methyl sites for hydroxylation is 1. The lowest BCUT2D eigenvalue weighted by Gasteiger charge is -2.14. The second-order valence-electron chi connectivity index (χ2n) is 6.35. The van der Waals surface area contributed by atoms with Gasteiger partial charge in [0.2, 0.25) is 11.8 Å². The molecule has 7 nitrogen and oxygen atoms in total. The van der Waals surface area contributed by atoms with Crippen molar-refractivity contribution in [3.8, 4) is 5.75 Å². The lowest BCUT2D eigenvalue weighted by Crippen LogP contribution is -2.39. The maximum Gasteiger partial charge on any atom is 0.238 e. The first-order valence-electron chi connectivity index (χ1n) is 8.79. The molecule has 0 unspecified atom stereocenters. The molecule has 8 heteroatoms. The van der Waals surface area contributed by atoms with Crippen molar-refractivity contribution in [2.75, 3.05) is 18.5 Å². The van der Waals surface area contributed by atoms with E-state index >= 15 is 0 Å². The molecule has 2 N–H and O–H groups in total. The van der Waals surface area contributed by atoms with Gasteiger partial charge in [-0.1, -0.05) is 12.1 Å². The van der Waals surface area contributed by atoms with Crippen LogP contribution in [0.1, 0.15) is 19.4 Å². The van der Waals surface area contributed by atoms with Gasteiger partial charge in [0.25, 0.3) is 0 Å². The summed E-state index contributed by atoms with van der Waals surface area (Å²) in [4.78, 5) is 23.3. The average molecular weight is 404 g/mol. The van der Waals surface area contributed by atoms with E-state index in [0.29, 0.717) is 11.4 Å². The van der Waals surface area contributed by atoms with Crippen molar-refractivity contribution in [3.63, 3.8) is 0 Å². The standard InChI is InChI=1S/C20H24N2O5S/c1-14-5-4-6-18(13-14)27-12-11-21-20(24)15(2)28(25,26)19-9-7-17(8-10-19)22-16(3)23/h4-10,13,15H,11-12H2,1-3H3,(H,21,24)(H,22,23)/t15-/m0/s1. The van der Waals surface area contributed by atoms with E-state index in [1.807, 2.05) is 31.2 Å². The Morgan fingerprint density at radius 2 is 1.79 bits per heavy atom. The number of carbonyl (C=O) groups is 2. The number of hydrogen-bond acceptors (Lipinski definition) is 5. The van der Waals surface area contributed by atoms with Crippen LogP contribution in [0.5, 0.6) is 5.75 Å². The second-order valence-corrected chi connectivity index (χ2v) is 8.62. The zero-order valence-electron chi connectivity index (χ0n) is 16.1. The molecular formula is C20H24N2O5S. The average Bonchev–Trinajstić information content (AvgIpc) is 2.64. The van der Waals surface area contributed by atoms with Gasteiger partial charge in [-0.15, -0.1) is 0 Å². The molecule has 2 aromatic carbocycles. The summed E-state index contributed by atoms with van der Waals surface area (Å²) >= 11 is 0. The highest BCUT2D eigenvalue weighted by molar-refractivity contribution is 7.92. The molecule has 0 aliphatic rings. The summed E-state index contributed by atoms with van der Waals surface area (Å²) in [6, 6.07) is 13.2. The van der Waals surface area contributed by atoms with E-state index < -0.39 is 21.0 Å². The van der Waals surface area contributed by atoms with Gasteiger partial charge in [-0.2, -0.15) is 0 Å². The molecule has 2 aromatic rings. The predicted molar refractivity (Wildman–Crippen MR) is 107 cm³/mol. The van der Waals surface area contributed by atoms with Crippen LogP contribution in [0.25, 0.3) is 0 Å². The topological polar surface area (TPSA) is 102 Å². The van der Waals surface area contributed by atoms with Crippen LogP contribution < -0.4 is 15.4 Å². The summed E-state index contributed by atoms with van der Waals surface area (Å²) in [5, 5.41) is 3.89. The predicted octanol–water partition coefficient (Wildman–Crippen LogP) is 2.31. The fraction of sp³-hybridized carbons (Fsp3) is 0.300. The molecule has 0 aliphatic heterocycles. The van der Waals surface area contributed by atoms with Gasteiger partial charge in [-0.25, -0.2) is 8.42 Å². The number of hydrogen-bond donors (Lipinski definition) is 2. The molecule has 0 heterocycles. The smallest absolute Gasteiger partial charge is 0.238 e. The summed E-state index contributed by atoms with van der Waals surface area (Å²) in [5.74, 6) is -0.163. The molecule has 1 atom stereocenters. The molecule has 0 saturated heterocycles. The molecule has 0 saturated carbocycles. The van der Waals surface area contributed by atoms with Crippen molar-refractivity contribution in [3.05, 3.63) is 54.1 Å². The number of ether oxygens (including phenoxy) is 1. The lowest BCUT2D eigenvalue weighted by atomic mass is 10.2. The first-order valence-corrected chi connectivity index (χ1v) is 10.3. The molecule has 0 aliphatic carbocycles. The van der Waals surface area contributed by atoms with Crippen LogP contribution in [0.4, 0.5) is 5.69 Å². The Hall–Kier alpha value is -2.87. The Labute approximate surface area is 165 Å². The highest BCUT2D eigenvalue weighted by atomic mass is 32.2. The molecule has 28 heavy (non-hydrogen) atoms. The number of benzene rings is 2. The van der Waals surface area contributed by atoms with E-state index in [-0.39, 0.29) is 24.0 Å². The highest BCUT2D eigenvalue weighted by Crippen LogP contribution is 2.19. The fourth-order valence-electron chi connectivity index (χ4n) is 2.47. The third-order valence-corrected chi connectivity index (χ3v) is 6.07. The molecule has 2 rings (SSSR count). The number of amides is 2. The van der Waals surface area contributed by atoms with Gasteiger partial charge in [0.1, 0.15) is 17.6 Å². The first kappa shape index (κ1) is 21.4. The normalized spacial score (nSPS) is 12.1. The van der Waals surface area contributed by atoms with Gasteiger partial charge < -0.3 is 15.4 Å². The van der Waals surface area contributed by atoms with Crippen molar-refractivity contribution in [2.45, 2.75) is 30.9 Å². The Morgan fingerprint density at radius 3 is 2.39 bits per heavy atom. The van der Waals surface area contributed by atoms with E-state index in [1.54, 1.807) is 0 Å². The van der Waals surface area contributed by atoms with Crippen LogP contribution in [0.3, 0.4) is 0 Å². The zero-order valence-corrected chi connectivity index (χ0v) is 16.9. The number of anilines is 1. The van der Waals surface area contributed by atoms with Crippen LogP contribution in [-0.2, 0) is 19.4 Å². The molecule has 2 amide bonds. The van der Waals surface area contributed by atoms with Gasteiger partial charge >= 0.3 is 0 Å². The van der Waals surface area contributed by atoms with Crippen LogP contribution in [-0.4, -0.2) is 38.6 Å². The van der Waals surface area contributed by atoms with Crippen molar-refractivity contribution in [2.24, 2.45) is 0 Å². The minimum absolute atomic E-state index is 0.0141. The van der Waals surface area contributed by atoms with Crippen molar-refractivity contribution in [1.82, 2.24) is 5.32 Å². The van der Waals surface area contributed by atoms with Crippen molar-refractivity contribution in [1.29, 1.82) is 0 Å². The summed E-state index contributed by atoms with van der Waals surface area (Å²) in [7, 11) is -3.84. The van der Waals surface area contributed by atoms with Crippen LogP contribution in [0, 0.1) is 6.92 Å². The quantitative estimate of drug-likeness (QED) is 0.658. The minimum Gasteiger partial charge on any atom is -0.492 e. The van der Waals surface area contributed by atoms with Crippen LogP contribution >= 0.6 is 0 Å². The van der Waals surface area contributed by atoms with E-state index in [2.05, 4.69) is 10.6 Å². The van der Waals surface area contributed by atoms with E-state index in [0.717, 1.165) is 5.56 Å². The summed E-state index contributed by atoms with van der Waals surface area (Å²) < 4.78 is 30.8.